The molecule has 1 atom stereocenters. The SMILES string of the molecule is CCCC(C)(CCOCC(C)C)CNCC. The maximum absolute atomic E-state index is 5.69. The van der Waals surface area contributed by atoms with Crippen LogP contribution in [-0.4, -0.2) is 26.3 Å². The summed E-state index contributed by atoms with van der Waals surface area (Å²) in [5, 5.41) is 3.47. The standard InChI is InChI=1S/C14H31NO/c1-6-8-14(5,12-15-7-2)9-10-16-11-13(3)4/h13,15H,6-12H2,1-5H3. The van der Waals surface area contributed by atoms with E-state index in [-0.39, 0.29) is 0 Å². The Morgan fingerprint density at radius 3 is 2.38 bits per heavy atom. The Hall–Kier alpha value is -0.0800. The van der Waals surface area contributed by atoms with Gasteiger partial charge in [-0.2, -0.15) is 0 Å². The monoisotopic (exact) mass is 229 g/mol. The molecule has 0 fully saturated rings. The molecule has 0 rings (SSSR count). The van der Waals surface area contributed by atoms with E-state index in [0.29, 0.717) is 11.3 Å². The zero-order chi connectivity index (χ0) is 12.4. The highest BCUT2D eigenvalue weighted by atomic mass is 16.5. The summed E-state index contributed by atoms with van der Waals surface area (Å²) in [5.41, 5.74) is 0.405. The smallest absolute Gasteiger partial charge is 0.0488 e. The van der Waals surface area contributed by atoms with Gasteiger partial charge in [0, 0.05) is 19.8 Å². The molecule has 0 aromatic carbocycles. The number of hydrogen-bond donors (Lipinski definition) is 1. The van der Waals surface area contributed by atoms with E-state index < -0.39 is 0 Å². The fourth-order valence-corrected chi connectivity index (χ4v) is 1.97. The summed E-state index contributed by atoms with van der Waals surface area (Å²) in [6, 6.07) is 0. The van der Waals surface area contributed by atoms with E-state index in [2.05, 4.69) is 39.9 Å². The lowest BCUT2D eigenvalue weighted by molar-refractivity contribution is 0.0775. The van der Waals surface area contributed by atoms with Crippen molar-refractivity contribution in [3.63, 3.8) is 0 Å². The van der Waals surface area contributed by atoms with Crippen LogP contribution in [0.4, 0.5) is 0 Å². The molecule has 0 bridgehead atoms. The molecule has 0 spiro atoms. The average molecular weight is 229 g/mol. The third-order valence-electron chi connectivity index (χ3n) is 2.96. The summed E-state index contributed by atoms with van der Waals surface area (Å²) in [4.78, 5) is 0. The molecule has 16 heavy (non-hydrogen) atoms. The zero-order valence-electron chi connectivity index (χ0n) is 11.9. The van der Waals surface area contributed by atoms with Crippen LogP contribution in [0, 0.1) is 11.3 Å². The van der Waals surface area contributed by atoms with Crippen LogP contribution in [-0.2, 0) is 4.74 Å². The van der Waals surface area contributed by atoms with E-state index in [1.54, 1.807) is 0 Å². The second-order valence-corrected chi connectivity index (χ2v) is 5.56. The molecule has 98 valence electrons. The predicted octanol–water partition coefficient (Wildman–Crippen LogP) is 3.47. The van der Waals surface area contributed by atoms with Crippen molar-refractivity contribution in [1.29, 1.82) is 0 Å². The molecule has 0 heterocycles. The minimum atomic E-state index is 0.405. The Kier molecular flexibility index (Phi) is 8.96. The lowest BCUT2D eigenvalue weighted by atomic mass is 9.82. The van der Waals surface area contributed by atoms with Gasteiger partial charge in [-0.1, -0.05) is 41.0 Å². The number of nitrogens with one attached hydrogen (secondary N) is 1. The van der Waals surface area contributed by atoms with Crippen LogP contribution in [0.15, 0.2) is 0 Å². The van der Waals surface area contributed by atoms with E-state index >= 15 is 0 Å². The Labute approximate surface area is 102 Å². The fourth-order valence-electron chi connectivity index (χ4n) is 1.97. The van der Waals surface area contributed by atoms with Crippen molar-refractivity contribution in [3.05, 3.63) is 0 Å². The third kappa shape index (κ3) is 8.12. The van der Waals surface area contributed by atoms with Crippen molar-refractivity contribution in [3.8, 4) is 0 Å². The molecule has 0 aliphatic heterocycles. The highest BCUT2D eigenvalue weighted by molar-refractivity contribution is 4.76. The van der Waals surface area contributed by atoms with Crippen molar-refractivity contribution >= 4 is 0 Å². The van der Waals surface area contributed by atoms with Gasteiger partial charge in [0.2, 0.25) is 0 Å². The highest BCUT2D eigenvalue weighted by Crippen LogP contribution is 2.26. The first-order valence-electron chi connectivity index (χ1n) is 6.82. The van der Waals surface area contributed by atoms with Crippen molar-refractivity contribution in [2.75, 3.05) is 26.3 Å². The lowest BCUT2D eigenvalue weighted by Crippen LogP contribution is -2.33. The minimum absolute atomic E-state index is 0.405. The van der Waals surface area contributed by atoms with Crippen LogP contribution >= 0.6 is 0 Å². The molecule has 1 N–H and O–H groups in total. The number of ether oxygens (including phenoxy) is 1. The van der Waals surface area contributed by atoms with E-state index in [1.807, 2.05) is 0 Å². The molecule has 0 saturated heterocycles. The maximum atomic E-state index is 5.69. The van der Waals surface area contributed by atoms with Crippen LogP contribution in [0.1, 0.15) is 53.9 Å². The molecule has 0 aliphatic rings. The molecular weight excluding hydrogens is 198 g/mol. The molecule has 0 radical (unpaired) electrons. The lowest BCUT2D eigenvalue weighted by Gasteiger charge is -2.29. The number of hydrogen-bond acceptors (Lipinski definition) is 2. The predicted molar refractivity (Wildman–Crippen MR) is 71.8 cm³/mol. The average Bonchev–Trinajstić information content (AvgIpc) is 2.22. The second kappa shape index (κ2) is 9.00. The maximum Gasteiger partial charge on any atom is 0.0488 e. The van der Waals surface area contributed by atoms with Crippen molar-refractivity contribution < 1.29 is 4.74 Å². The molecule has 2 nitrogen and oxygen atoms in total. The molecule has 0 aromatic heterocycles. The van der Waals surface area contributed by atoms with E-state index in [0.717, 1.165) is 26.3 Å². The van der Waals surface area contributed by atoms with Gasteiger partial charge in [0.1, 0.15) is 0 Å². The Balaban J connectivity index is 3.82. The summed E-state index contributed by atoms with van der Waals surface area (Å²) < 4.78 is 5.69. The van der Waals surface area contributed by atoms with Gasteiger partial charge in [0.05, 0.1) is 0 Å². The van der Waals surface area contributed by atoms with Crippen molar-refractivity contribution in [1.82, 2.24) is 5.32 Å². The topological polar surface area (TPSA) is 21.3 Å². The van der Waals surface area contributed by atoms with Gasteiger partial charge in [-0.05, 0) is 30.7 Å². The second-order valence-electron chi connectivity index (χ2n) is 5.56. The van der Waals surface area contributed by atoms with Gasteiger partial charge in [-0.25, -0.2) is 0 Å². The van der Waals surface area contributed by atoms with Gasteiger partial charge in [0.15, 0.2) is 0 Å². The molecule has 1 unspecified atom stereocenters. The van der Waals surface area contributed by atoms with E-state index in [4.69, 9.17) is 4.74 Å². The zero-order valence-corrected chi connectivity index (χ0v) is 11.9. The van der Waals surface area contributed by atoms with Gasteiger partial charge < -0.3 is 10.1 Å². The van der Waals surface area contributed by atoms with Crippen LogP contribution < -0.4 is 5.32 Å². The van der Waals surface area contributed by atoms with E-state index in [1.165, 1.54) is 19.3 Å². The van der Waals surface area contributed by atoms with Crippen LogP contribution in [0.5, 0.6) is 0 Å². The Morgan fingerprint density at radius 1 is 1.19 bits per heavy atom. The third-order valence-corrected chi connectivity index (χ3v) is 2.96. The molecule has 0 aromatic rings. The van der Waals surface area contributed by atoms with Crippen molar-refractivity contribution in [2.45, 2.75) is 53.9 Å². The van der Waals surface area contributed by atoms with Gasteiger partial charge in [-0.3, -0.25) is 0 Å². The first-order valence-corrected chi connectivity index (χ1v) is 6.82. The summed E-state index contributed by atoms with van der Waals surface area (Å²) in [6.07, 6.45) is 3.71. The summed E-state index contributed by atoms with van der Waals surface area (Å²) in [5.74, 6) is 0.645. The molecule has 2 heteroatoms. The van der Waals surface area contributed by atoms with Crippen LogP contribution in [0.3, 0.4) is 0 Å². The molecule has 0 amide bonds. The normalized spacial score (nSPS) is 15.4. The molecule has 0 aliphatic carbocycles. The van der Waals surface area contributed by atoms with Crippen molar-refractivity contribution in [2.24, 2.45) is 11.3 Å². The minimum Gasteiger partial charge on any atom is -0.381 e. The highest BCUT2D eigenvalue weighted by Gasteiger charge is 2.22. The van der Waals surface area contributed by atoms with Gasteiger partial charge in [-0.15, -0.1) is 0 Å². The summed E-state index contributed by atoms with van der Waals surface area (Å²) in [7, 11) is 0. The number of rotatable bonds is 10. The fraction of sp³-hybridized carbons (Fsp3) is 1.00. The molecular formula is C14H31NO. The quantitative estimate of drug-likeness (QED) is 0.579. The summed E-state index contributed by atoms with van der Waals surface area (Å²) >= 11 is 0. The van der Waals surface area contributed by atoms with Crippen LogP contribution in [0.2, 0.25) is 0 Å². The molecule has 0 saturated carbocycles. The van der Waals surface area contributed by atoms with E-state index in [9.17, 15) is 0 Å². The first kappa shape index (κ1) is 15.9. The van der Waals surface area contributed by atoms with Gasteiger partial charge >= 0.3 is 0 Å². The summed E-state index contributed by atoms with van der Waals surface area (Å²) in [6.45, 7) is 15.2. The largest absolute Gasteiger partial charge is 0.381 e. The van der Waals surface area contributed by atoms with Crippen LogP contribution in [0.25, 0.3) is 0 Å². The van der Waals surface area contributed by atoms with Gasteiger partial charge in [0.25, 0.3) is 0 Å². The Bertz CT molecular complexity index is 159. The Morgan fingerprint density at radius 2 is 1.88 bits per heavy atom. The first-order chi connectivity index (χ1) is 7.54.